The van der Waals surface area contributed by atoms with E-state index in [0.717, 1.165) is 18.2 Å². The minimum absolute atomic E-state index is 0.0774. The first-order valence-corrected chi connectivity index (χ1v) is 8.08. The van der Waals surface area contributed by atoms with E-state index in [0.29, 0.717) is 0 Å². The van der Waals surface area contributed by atoms with Gasteiger partial charge in [0, 0.05) is 0 Å². The Bertz CT molecular complexity index is 619. The van der Waals surface area contributed by atoms with Gasteiger partial charge in [0.15, 0.2) is 0 Å². The standard InChI is InChI=1S/C13H17ClFNO4S/c1-8(2)6-12(13(17)20-3)16-21(18,19)9-4-5-11(15)10(14)7-9/h4-5,7-8,12,16H,6H2,1-3H3/t12-/m0/s1. The van der Waals surface area contributed by atoms with E-state index in [-0.39, 0.29) is 22.3 Å². The first-order chi connectivity index (χ1) is 9.67. The lowest BCUT2D eigenvalue weighted by molar-refractivity contribution is -0.143. The largest absolute Gasteiger partial charge is 0.468 e. The number of benzene rings is 1. The normalized spacial score (nSPS) is 13.2. The molecule has 0 saturated carbocycles. The second kappa shape index (κ2) is 7.20. The molecule has 0 fully saturated rings. The van der Waals surface area contributed by atoms with Crippen molar-refractivity contribution in [1.82, 2.24) is 4.72 Å². The fraction of sp³-hybridized carbons (Fsp3) is 0.462. The molecule has 1 rings (SSSR count). The predicted molar refractivity (Wildman–Crippen MR) is 77.0 cm³/mol. The lowest BCUT2D eigenvalue weighted by Gasteiger charge is -2.18. The van der Waals surface area contributed by atoms with Crippen molar-refractivity contribution in [2.45, 2.75) is 31.2 Å². The summed E-state index contributed by atoms with van der Waals surface area (Å²) in [5.41, 5.74) is 0. The van der Waals surface area contributed by atoms with Gasteiger partial charge < -0.3 is 4.74 Å². The van der Waals surface area contributed by atoms with Crippen LogP contribution in [0.1, 0.15) is 20.3 Å². The molecule has 0 aromatic heterocycles. The molecule has 0 amide bonds. The highest BCUT2D eigenvalue weighted by Gasteiger charge is 2.27. The minimum Gasteiger partial charge on any atom is -0.468 e. The molecule has 1 atom stereocenters. The Labute approximate surface area is 128 Å². The topological polar surface area (TPSA) is 72.5 Å². The van der Waals surface area contributed by atoms with Crippen molar-refractivity contribution in [2.24, 2.45) is 5.92 Å². The summed E-state index contributed by atoms with van der Waals surface area (Å²) >= 11 is 5.57. The molecule has 0 saturated heterocycles. The molecule has 1 N–H and O–H groups in total. The van der Waals surface area contributed by atoms with Crippen molar-refractivity contribution in [3.63, 3.8) is 0 Å². The zero-order chi connectivity index (χ0) is 16.2. The highest BCUT2D eigenvalue weighted by Crippen LogP contribution is 2.20. The van der Waals surface area contributed by atoms with Gasteiger partial charge in [-0.1, -0.05) is 25.4 Å². The van der Waals surface area contributed by atoms with Gasteiger partial charge in [-0.15, -0.1) is 0 Å². The number of carbonyl (C=O) groups excluding carboxylic acids is 1. The molecule has 0 bridgehead atoms. The lowest BCUT2D eigenvalue weighted by atomic mass is 10.1. The van der Waals surface area contributed by atoms with Crippen molar-refractivity contribution in [1.29, 1.82) is 0 Å². The van der Waals surface area contributed by atoms with E-state index in [1.165, 1.54) is 7.11 Å². The SMILES string of the molecule is COC(=O)[C@H](CC(C)C)NS(=O)(=O)c1ccc(F)c(Cl)c1. The van der Waals surface area contributed by atoms with Gasteiger partial charge >= 0.3 is 5.97 Å². The smallest absolute Gasteiger partial charge is 0.323 e. The first kappa shape index (κ1) is 17.9. The Morgan fingerprint density at radius 3 is 2.52 bits per heavy atom. The lowest BCUT2D eigenvalue weighted by Crippen LogP contribution is -2.42. The molecule has 1 aromatic carbocycles. The van der Waals surface area contributed by atoms with Crippen LogP contribution in [0, 0.1) is 11.7 Å². The van der Waals surface area contributed by atoms with Crippen LogP contribution in [-0.2, 0) is 19.6 Å². The third-order valence-corrected chi connectivity index (χ3v) is 4.45. The van der Waals surface area contributed by atoms with Crippen LogP contribution in [0.5, 0.6) is 0 Å². The molecule has 0 spiro atoms. The second-order valence-corrected chi connectivity index (χ2v) is 7.02. The molecular formula is C13H17ClFNO4S. The number of nitrogens with one attached hydrogen (secondary N) is 1. The van der Waals surface area contributed by atoms with Crippen LogP contribution in [0.25, 0.3) is 0 Å². The molecule has 1 aromatic rings. The highest BCUT2D eigenvalue weighted by molar-refractivity contribution is 7.89. The summed E-state index contributed by atoms with van der Waals surface area (Å²) in [6.45, 7) is 3.69. The highest BCUT2D eigenvalue weighted by atomic mass is 35.5. The van der Waals surface area contributed by atoms with Crippen molar-refractivity contribution < 1.29 is 22.3 Å². The maximum Gasteiger partial charge on any atom is 0.323 e. The number of hydrogen-bond acceptors (Lipinski definition) is 4. The Hall–Kier alpha value is -1.18. The number of hydrogen-bond donors (Lipinski definition) is 1. The van der Waals surface area contributed by atoms with Crippen LogP contribution in [0.4, 0.5) is 4.39 Å². The number of methoxy groups -OCH3 is 1. The van der Waals surface area contributed by atoms with Crippen LogP contribution in [0.15, 0.2) is 23.1 Å². The monoisotopic (exact) mass is 337 g/mol. The van der Waals surface area contributed by atoms with Gasteiger partial charge in [-0.25, -0.2) is 12.8 Å². The molecule has 118 valence electrons. The predicted octanol–water partition coefficient (Wildman–Crippen LogP) is 2.35. The van der Waals surface area contributed by atoms with Crippen LogP contribution < -0.4 is 4.72 Å². The van der Waals surface area contributed by atoms with Crippen molar-refractivity contribution in [3.05, 3.63) is 29.0 Å². The Balaban J connectivity index is 3.05. The summed E-state index contributed by atoms with van der Waals surface area (Å²) < 4.78 is 44.3. The summed E-state index contributed by atoms with van der Waals surface area (Å²) in [4.78, 5) is 11.4. The van der Waals surface area contributed by atoms with Crippen LogP contribution in [-0.4, -0.2) is 27.5 Å². The molecule has 0 radical (unpaired) electrons. The summed E-state index contributed by atoms with van der Waals surface area (Å²) in [6, 6.07) is 2.01. The van der Waals surface area contributed by atoms with Gasteiger partial charge in [0.1, 0.15) is 11.9 Å². The number of sulfonamides is 1. The summed E-state index contributed by atoms with van der Waals surface area (Å²) in [6.07, 6.45) is 0.279. The van der Waals surface area contributed by atoms with Gasteiger partial charge in [-0.05, 0) is 30.5 Å². The summed E-state index contributed by atoms with van der Waals surface area (Å²) in [7, 11) is -2.82. The average molecular weight is 338 g/mol. The molecule has 0 aliphatic rings. The fourth-order valence-corrected chi connectivity index (χ4v) is 3.17. The molecule has 0 aliphatic heterocycles. The molecule has 0 heterocycles. The van der Waals surface area contributed by atoms with Crippen LogP contribution >= 0.6 is 11.6 Å². The maximum atomic E-state index is 13.1. The number of carbonyl (C=O) groups is 1. The van der Waals surface area contributed by atoms with Crippen molar-refractivity contribution in [3.8, 4) is 0 Å². The van der Waals surface area contributed by atoms with Gasteiger partial charge in [-0.2, -0.15) is 4.72 Å². The van der Waals surface area contributed by atoms with E-state index in [1.54, 1.807) is 0 Å². The zero-order valence-corrected chi connectivity index (χ0v) is 13.5. The average Bonchev–Trinajstić information content (AvgIpc) is 2.39. The van der Waals surface area contributed by atoms with Crippen molar-refractivity contribution >= 4 is 27.6 Å². The van der Waals surface area contributed by atoms with Crippen LogP contribution in [0.3, 0.4) is 0 Å². The van der Waals surface area contributed by atoms with Gasteiger partial charge in [-0.3, -0.25) is 4.79 Å². The quantitative estimate of drug-likeness (QED) is 0.809. The van der Waals surface area contributed by atoms with E-state index in [1.807, 2.05) is 13.8 Å². The fourth-order valence-electron chi connectivity index (χ4n) is 1.71. The zero-order valence-electron chi connectivity index (χ0n) is 11.9. The third-order valence-electron chi connectivity index (χ3n) is 2.69. The Morgan fingerprint density at radius 1 is 1.43 bits per heavy atom. The van der Waals surface area contributed by atoms with E-state index in [9.17, 15) is 17.6 Å². The molecule has 21 heavy (non-hydrogen) atoms. The molecule has 8 heteroatoms. The third kappa shape index (κ3) is 4.94. The first-order valence-electron chi connectivity index (χ1n) is 6.22. The molecule has 0 unspecified atom stereocenters. The Morgan fingerprint density at radius 2 is 2.05 bits per heavy atom. The van der Waals surface area contributed by atoms with E-state index >= 15 is 0 Å². The Kier molecular flexibility index (Phi) is 6.12. The number of rotatable bonds is 6. The second-order valence-electron chi connectivity index (χ2n) is 4.90. The van der Waals surface area contributed by atoms with Gasteiger partial charge in [0.2, 0.25) is 10.0 Å². The number of esters is 1. The van der Waals surface area contributed by atoms with Gasteiger partial charge in [0.25, 0.3) is 0 Å². The summed E-state index contributed by atoms with van der Waals surface area (Å²) in [5.74, 6) is -1.32. The van der Waals surface area contributed by atoms with Gasteiger partial charge in [0.05, 0.1) is 17.0 Å². The van der Waals surface area contributed by atoms with Crippen LogP contribution in [0.2, 0.25) is 5.02 Å². The van der Waals surface area contributed by atoms with E-state index in [2.05, 4.69) is 9.46 Å². The molecule has 5 nitrogen and oxygen atoms in total. The van der Waals surface area contributed by atoms with E-state index < -0.39 is 27.9 Å². The van der Waals surface area contributed by atoms with E-state index in [4.69, 9.17) is 11.6 Å². The number of halogens is 2. The maximum absolute atomic E-state index is 13.1. The molecular weight excluding hydrogens is 321 g/mol. The number of ether oxygens (including phenoxy) is 1. The summed E-state index contributed by atoms with van der Waals surface area (Å²) in [5, 5.41) is -0.309. The minimum atomic E-state index is -4.00. The molecule has 0 aliphatic carbocycles. The van der Waals surface area contributed by atoms with Crippen molar-refractivity contribution in [2.75, 3.05) is 7.11 Å².